The molecule has 2 heterocycles. The zero-order valence-electron chi connectivity index (χ0n) is 13.0. The highest BCUT2D eigenvalue weighted by Gasteiger charge is 2.32. The van der Waals surface area contributed by atoms with Gasteiger partial charge < -0.3 is 9.80 Å². The molecular formula is C16H14Cl2N6O. The number of nitrogens with zero attached hydrogens (tertiary/aromatic N) is 4. The molecule has 1 saturated heterocycles. The van der Waals surface area contributed by atoms with Crippen molar-refractivity contribution >= 4 is 40.8 Å². The zero-order valence-corrected chi connectivity index (χ0v) is 14.6. The van der Waals surface area contributed by atoms with Crippen LogP contribution in [0.3, 0.4) is 0 Å². The molecule has 0 aliphatic carbocycles. The van der Waals surface area contributed by atoms with Gasteiger partial charge in [0.15, 0.2) is 11.7 Å². The highest BCUT2D eigenvalue weighted by Crippen LogP contribution is 2.27. The summed E-state index contributed by atoms with van der Waals surface area (Å²) in [5.41, 5.74) is 1.03. The second-order valence-corrected chi connectivity index (χ2v) is 6.16. The van der Waals surface area contributed by atoms with Crippen LogP contribution in [0.4, 0.5) is 0 Å². The number of nitrogens with one attached hydrogen (secondary N) is 2. The molecule has 128 valence electrons. The standard InChI is InChI=1S/C16H14Cl2N6O/c17-11-3-1-2-10(13(11)18)9-23-6-7-24(15(20)16(23)25)14(19)12-8-21-4-5-22-12/h1-5,8,19-20H,6-7,9H2. The average Bonchev–Trinajstić information content (AvgIpc) is 2.63. The minimum Gasteiger partial charge on any atom is -0.330 e. The minimum absolute atomic E-state index is 0.0214. The van der Waals surface area contributed by atoms with Crippen molar-refractivity contribution in [2.45, 2.75) is 6.54 Å². The summed E-state index contributed by atoms with van der Waals surface area (Å²) in [5, 5.41) is 17.1. The van der Waals surface area contributed by atoms with Crippen LogP contribution >= 0.6 is 23.2 Å². The van der Waals surface area contributed by atoms with Gasteiger partial charge in [-0.2, -0.15) is 0 Å². The van der Waals surface area contributed by atoms with E-state index in [9.17, 15) is 4.79 Å². The molecule has 1 amide bonds. The number of amidine groups is 2. The Morgan fingerprint density at radius 3 is 2.76 bits per heavy atom. The molecule has 0 atom stereocenters. The lowest BCUT2D eigenvalue weighted by Gasteiger charge is -2.35. The van der Waals surface area contributed by atoms with Gasteiger partial charge in [-0.25, -0.2) is 4.98 Å². The van der Waals surface area contributed by atoms with Crippen molar-refractivity contribution in [3.8, 4) is 0 Å². The molecule has 1 aromatic heterocycles. The second-order valence-electron chi connectivity index (χ2n) is 5.38. The Kier molecular flexibility index (Phi) is 4.96. The normalized spacial score (nSPS) is 14.8. The van der Waals surface area contributed by atoms with E-state index in [1.165, 1.54) is 28.4 Å². The summed E-state index contributed by atoms with van der Waals surface area (Å²) in [7, 11) is 0. The van der Waals surface area contributed by atoms with Gasteiger partial charge in [-0.1, -0.05) is 35.3 Å². The van der Waals surface area contributed by atoms with Gasteiger partial charge in [0, 0.05) is 32.0 Å². The van der Waals surface area contributed by atoms with Crippen LogP contribution in [0.5, 0.6) is 0 Å². The summed E-state index contributed by atoms with van der Waals surface area (Å²) >= 11 is 12.2. The molecule has 2 aromatic rings. The van der Waals surface area contributed by atoms with Crippen molar-refractivity contribution in [1.82, 2.24) is 19.8 Å². The lowest BCUT2D eigenvalue weighted by atomic mass is 10.1. The molecule has 9 heteroatoms. The predicted octanol–water partition coefficient (Wildman–Crippen LogP) is 2.43. The van der Waals surface area contributed by atoms with E-state index in [0.717, 1.165) is 0 Å². The van der Waals surface area contributed by atoms with Crippen LogP contribution in [0.2, 0.25) is 10.0 Å². The minimum atomic E-state index is -0.476. The maximum atomic E-state index is 12.5. The third-order valence-electron chi connectivity index (χ3n) is 3.82. The zero-order chi connectivity index (χ0) is 18.0. The summed E-state index contributed by atoms with van der Waals surface area (Å²) in [6, 6.07) is 5.23. The number of hydrogen-bond donors (Lipinski definition) is 2. The monoisotopic (exact) mass is 376 g/mol. The van der Waals surface area contributed by atoms with Crippen LogP contribution in [-0.2, 0) is 11.3 Å². The van der Waals surface area contributed by atoms with Gasteiger partial charge >= 0.3 is 0 Å². The van der Waals surface area contributed by atoms with E-state index in [1.807, 2.05) is 0 Å². The fourth-order valence-electron chi connectivity index (χ4n) is 2.51. The van der Waals surface area contributed by atoms with Crippen LogP contribution in [-0.4, -0.2) is 50.4 Å². The van der Waals surface area contributed by atoms with Crippen molar-refractivity contribution < 1.29 is 4.79 Å². The van der Waals surface area contributed by atoms with Gasteiger partial charge in [-0.05, 0) is 11.6 Å². The molecule has 1 aliphatic rings. The summed E-state index contributed by atoms with van der Waals surface area (Å²) in [6.45, 7) is 0.928. The van der Waals surface area contributed by atoms with E-state index in [0.29, 0.717) is 34.4 Å². The molecule has 1 aliphatic heterocycles. The second kappa shape index (κ2) is 7.16. The summed E-state index contributed by atoms with van der Waals surface area (Å²) in [6.07, 6.45) is 4.39. The van der Waals surface area contributed by atoms with Crippen LogP contribution in [0.1, 0.15) is 11.3 Å². The van der Waals surface area contributed by atoms with E-state index in [2.05, 4.69) is 9.97 Å². The van der Waals surface area contributed by atoms with Gasteiger partial charge in [0.25, 0.3) is 5.91 Å². The predicted molar refractivity (Wildman–Crippen MR) is 95.2 cm³/mol. The molecule has 0 bridgehead atoms. The first-order valence-electron chi connectivity index (χ1n) is 7.42. The van der Waals surface area contributed by atoms with Gasteiger partial charge in [0.1, 0.15) is 5.69 Å². The summed E-state index contributed by atoms with van der Waals surface area (Å²) in [4.78, 5) is 23.3. The number of piperazine rings is 1. The highest BCUT2D eigenvalue weighted by molar-refractivity contribution is 6.42. The molecule has 3 rings (SSSR count). The number of amides is 1. The van der Waals surface area contributed by atoms with E-state index in [-0.39, 0.29) is 18.2 Å². The van der Waals surface area contributed by atoms with Gasteiger partial charge in [-0.15, -0.1) is 0 Å². The van der Waals surface area contributed by atoms with Gasteiger partial charge in [0.2, 0.25) is 0 Å². The first kappa shape index (κ1) is 17.3. The Bertz CT molecular complexity index is 842. The highest BCUT2D eigenvalue weighted by atomic mass is 35.5. The van der Waals surface area contributed by atoms with E-state index in [4.69, 9.17) is 34.0 Å². The quantitative estimate of drug-likeness (QED) is 0.634. The molecule has 2 N–H and O–H groups in total. The van der Waals surface area contributed by atoms with E-state index >= 15 is 0 Å². The topological polar surface area (TPSA) is 97.0 Å². The summed E-state index contributed by atoms with van der Waals surface area (Å²) in [5.74, 6) is -0.775. The average molecular weight is 377 g/mol. The molecule has 0 radical (unpaired) electrons. The van der Waals surface area contributed by atoms with Gasteiger partial charge in [0.05, 0.1) is 16.2 Å². The molecule has 0 spiro atoms. The number of benzene rings is 1. The number of hydrogen-bond acceptors (Lipinski definition) is 5. The van der Waals surface area contributed by atoms with E-state index in [1.54, 1.807) is 18.2 Å². The Balaban J connectivity index is 1.75. The fourth-order valence-corrected chi connectivity index (χ4v) is 2.89. The number of halogens is 2. The molecule has 0 unspecified atom stereocenters. The fraction of sp³-hybridized carbons (Fsp3) is 0.188. The van der Waals surface area contributed by atoms with Crippen LogP contribution < -0.4 is 0 Å². The van der Waals surface area contributed by atoms with Gasteiger partial charge in [-0.3, -0.25) is 20.6 Å². The summed E-state index contributed by atoms with van der Waals surface area (Å²) < 4.78 is 0. The molecule has 1 fully saturated rings. The number of carbonyl (C=O) groups excluding carboxylic acids is 1. The Hall–Kier alpha value is -2.51. The Labute approximate surface area is 154 Å². The third-order valence-corrected chi connectivity index (χ3v) is 4.68. The third kappa shape index (κ3) is 3.47. The molecule has 1 aromatic carbocycles. The first-order chi connectivity index (χ1) is 12.0. The van der Waals surface area contributed by atoms with Crippen LogP contribution in [0.15, 0.2) is 36.8 Å². The SMILES string of the molecule is N=C1C(=O)N(Cc2cccc(Cl)c2Cl)CCN1C(=N)c1cnccn1. The number of aromatic nitrogens is 2. The smallest absolute Gasteiger partial charge is 0.289 e. The maximum absolute atomic E-state index is 12.5. The number of carbonyl (C=O) groups is 1. The molecule has 0 saturated carbocycles. The van der Waals surface area contributed by atoms with Crippen LogP contribution in [0, 0.1) is 10.8 Å². The molecule has 7 nitrogen and oxygen atoms in total. The largest absolute Gasteiger partial charge is 0.330 e. The Morgan fingerprint density at radius 2 is 2.04 bits per heavy atom. The molecular weight excluding hydrogens is 363 g/mol. The van der Waals surface area contributed by atoms with Crippen molar-refractivity contribution in [2.24, 2.45) is 0 Å². The number of rotatable bonds is 3. The maximum Gasteiger partial charge on any atom is 0.289 e. The van der Waals surface area contributed by atoms with Crippen molar-refractivity contribution in [3.05, 3.63) is 58.1 Å². The Morgan fingerprint density at radius 1 is 1.24 bits per heavy atom. The first-order valence-corrected chi connectivity index (χ1v) is 8.18. The van der Waals surface area contributed by atoms with Crippen LogP contribution in [0.25, 0.3) is 0 Å². The van der Waals surface area contributed by atoms with Crippen molar-refractivity contribution in [1.29, 1.82) is 10.8 Å². The van der Waals surface area contributed by atoms with E-state index < -0.39 is 5.91 Å². The lowest BCUT2D eigenvalue weighted by molar-refractivity contribution is -0.126. The lowest BCUT2D eigenvalue weighted by Crippen LogP contribution is -2.55. The van der Waals surface area contributed by atoms with Crippen molar-refractivity contribution in [3.63, 3.8) is 0 Å². The van der Waals surface area contributed by atoms with Crippen molar-refractivity contribution in [2.75, 3.05) is 13.1 Å². The molecule has 25 heavy (non-hydrogen) atoms.